The van der Waals surface area contributed by atoms with E-state index in [0.717, 1.165) is 5.00 Å². The predicted molar refractivity (Wildman–Crippen MR) is 120 cm³/mol. The molecule has 5 heteroatoms. The molecule has 0 bridgehead atoms. The maximum atomic E-state index is 4.21. The molecule has 3 aromatic carbocycles. The molecule has 0 saturated heterocycles. The Morgan fingerprint density at radius 3 is 2.20 bits per heavy atom. The Hall–Kier alpha value is -1.79. The smallest absolute Gasteiger partial charge is 0.100 e. The molecule has 0 aliphatic carbocycles. The van der Waals surface area contributed by atoms with Crippen LogP contribution in [-0.2, 0) is 0 Å². The molecule has 120 valence electrons. The topological polar surface area (TPSA) is 12.0 Å². The summed E-state index contributed by atoms with van der Waals surface area (Å²) in [5, 5.41) is 7.95. The minimum Gasteiger partial charge on any atom is -0.324 e. The van der Waals surface area contributed by atoms with Crippen LogP contribution in [0.4, 0.5) is 5.00 Å². The van der Waals surface area contributed by atoms with E-state index in [2.05, 4.69) is 72.1 Å². The lowest BCUT2D eigenvalue weighted by molar-refractivity contribution is 1.87. The molecule has 6 aromatic rings. The molecule has 0 aliphatic heterocycles. The lowest BCUT2D eigenvalue weighted by atomic mass is 10.0. The lowest BCUT2D eigenvalue weighted by Crippen LogP contribution is -1.75. The van der Waals surface area contributed by atoms with E-state index in [1.165, 1.54) is 50.4 Å². The standard InChI is InChI=1S/C20H11NS4/c22-21-17-9-16-20(25-17)19-11-6-7-14-18(10(11)5-8-15(19)24-16)12-3-1-2-4-13(12)23-14/h1-9,21-22H. The van der Waals surface area contributed by atoms with E-state index < -0.39 is 0 Å². The molecule has 0 spiro atoms. The summed E-state index contributed by atoms with van der Waals surface area (Å²) in [4.78, 5) is 0. The van der Waals surface area contributed by atoms with Crippen LogP contribution < -0.4 is 4.72 Å². The van der Waals surface area contributed by atoms with Crippen molar-refractivity contribution in [1.29, 1.82) is 0 Å². The van der Waals surface area contributed by atoms with Gasteiger partial charge in [0.15, 0.2) is 0 Å². The number of nitrogens with one attached hydrogen (secondary N) is 1. The van der Waals surface area contributed by atoms with Crippen molar-refractivity contribution in [2.75, 3.05) is 4.72 Å². The third-order valence-corrected chi connectivity index (χ3v) is 8.58. The number of benzene rings is 3. The average Bonchev–Trinajstić information content (AvgIpc) is 3.30. The van der Waals surface area contributed by atoms with Gasteiger partial charge in [0, 0.05) is 35.0 Å². The molecular weight excluding hydrogens is 382 g/mol. The van der Waals surface area contributed by atoms with Gasteiger partial charge in [-0.15, -0.1) is 34.0 Å². The highest BCUT2D eigenvalue weighted by Gasteiger charge is 2.15. The molecule has 0 unspecified atom stereocenters. The summed E-state index contributed by atoms with van der Waals surface area (Å²) in [7, 11) is 0. The second-order valence-corrected chi connectivity index (χ2v) is 9.53. The number of thiophene rings is 3. The first-order valence-electron chi connectivity index (χ1n) is 7.92. The predicted octanol–water partition coefficient (Wildman–Crippen LogP) is 7.89. The van der Waals surface area contributed by atoms with E-state index >= 15 is 0 Å². The van der Waals surface area contributed by atoms with Gasteiger partial charge in [0.25, 0.3) is 0 Å². The molecule has 1 N–H and O–H groups in total. The van der Waals surface area contributed by atoms with Gasteiger partial charge in [0.05, 0.1) is 4.70 Å². The molecule has 6 rings (SSSR count). The van der Waals surface area contributed by atoms with Gasteiger partial charge >= 0.3 is 0 Å². The van der Waals surface area contributed by atoms with Crippen LogP contribution >= 0.6 is 46.8 Å². The van der Waals surface area contributed by atoms with Gasteiger partial charge in [-0.2, -0.15) is 0 Å². The first-order chi connectivity index (χ1) is 12.3. The van der Waals surface area contributed by atoms with Gasteiger partial charge in [0.1, 0.15) is 5.00 Å². The quantitative estimate of drug-likeness (QED) is 0.271. The zero-order chi connectivity index (χ0) is 16.5. The monoisotopic (exact) mass is 393 g/mol. The Kier molecular flexibility index (Phi) is 2.94. The number of hydrogen-bond acceptors (Lipinski definition) is 5. The van der Waals surface area contributed by atoms with Crippen molar-refractivity contribution in [2.45, 2.75) is 0 Å². The van der Waals surface area contributed by atoms with Gasteiger partial charge in [-0.05, 0) is 35.0 Å². The highest BCUT2D eigenvalue weighted by atomic mass is 32.1. The second kappa shape index (κ2) is 5.11. The minimum absolute atomic E-state index is 1.10. The summed E-state index contributed by atoms with van der Waals surface area (Å²) in [5.74, 6) is 0. The molecule has 25 heavy (non-hydrogen) atoms. The summed E-state index contributed by atoms with van der Waals surface area (Å²) in [5.41, 5.74) is 0. The maximum absolute atomic E-state index is 4.21. The molecule has 0 amide bonds. The molecule has 0 radical (unpaired) electrons. The Balaban J connectivity index is 1.87. The summed E-state index contributed by atoms with van der Waals surface area (Å²) < 4.78 is 9.76. The number of thiol groups is 1. The van der Waals surface area contributed by atoms with E-state index in [4.69, 9.17) is 0 Å². The van der Waals surface area contributed by atoms with Crippen LogP contribution in [0.2, 0.25) is 0 Å². The third kappa shape index (κ3) is 1.89. The van der Waals surface area contributed by atoms with Crippen molar-refractivity contribution in [3.8, 4) is 0 Å². The molecular formula is C20H11NS4. The normalized spacial score (nSPS) is 12.2. The molecule has 0 aliphatic rings. The molecule has 0 saturated carbocycles. The van der Waals surface area contributed by atoms with Crippen LogP contribution in [0.25, 0.3) is 50.4 Å². The lowest BCUT2D eigenvalue weighted by Gasteiger charge is -2.03. The molecule has 3 heterocycles. The van der Waals surface area contributed by atoms with E-state index in [1.54, 1.807) is 11.3 Å². The van der Waals surface area contributed by atoms with Crippen molar-refractivity contribution in [2.24, 2.45) is 0 Å². The molecule has 0 atom stereocenters. The highest BCUT2D eigenvalue weighted by Crippen LogP contribution is 2.47. The van der Waals surface area contributed by atoms with Crippen LogP contribution in [0.3, 0.4) is 0 Å². The van der Waals surface area contributed by atoms with E-state index in [1.807, 2.05) is 22.7 Å². The van der Waals surface area contributed by atoms with E-state index in [0.29, 0.717) is 0 Å². The van der Waals surface area contributed by atoms with Crippen LogP contribution in [0.15, 0.2) is 54.6 Å². The number of fused-ring (bicyclic) bond motifs is 9. The van der Waals surface area contributed by atoms with Crippen LogP contribution in [0, 0.1) is 0 Å². The number of rotatable bonds is 1. The first kappa shape index (κ1) is 14.4. The Labute approximate surface area is 161 Å². The highest BCUT2D eigenvalue weighted by molar-refractivity contribution is 7.82. The van der Waals surface area contributed by atoms with Crippen molar-refractivity contribution < 1.29 is 0 Å². The van der Waals surface area contributed by atoms with Crippen LogP contribution in [-0.4, -0.2) is 0 Å². The SMILES string of the molecule is SNc1cc2sc3ccc4c(ccc5sc6ccccc6c54)c3c2s1. The number of hydrogen-bond donors (Lipinski definition) is 2. The fraction of sp³-hybridized carbons (Fsp3) is 0. The van der Waals surface area contributed by atoms with Crippen molar-refractivity contribution in [1.82, 2.24) is 0 Å². The van der Waals surface area contributed by atoms with Gasteiger partial charge < -0.3 is 4.72 Å². The molecule has 1 nitrogen and oxygen atoms in total. The number of anilines is 1. The molecule has 0 fully saturated rings. The maximum Gasteiger partial charge on any atom is 0.100 e. The molecule has 3 aromatic heterocycles. The third-order valence-electron chi connectivity index (χ3n) is 4.76. The summed E-state index contributed by atoms with van der Waals surface area (Å²) in [6, 6.07) is 20.1. The van der Waals surface area contributed by atoms with Crippen molar-refractivity contribution in [3.05, 3.63) is 54.6 Å². The van der Waals surface area contributed by atoms with Gasteiger partial charge in [0.2, 0.25) is 0 Å². The minimum atomic E-state index is 1.10. The fourth-order valence-electron chi connectivity index (χ4n) is 3.73. The fourth-order valence-corrected chi connectivity index (χ4v) is 7.42. The van der Waals surface area contributed by atoms with Gasteiger partial charge in [-0.25, -0.2) is 0 Å². The largest absolute Gasteiger partial charge is 0.324 e. The summed E-state index contributed by atoms with van der Waals surface area (Å²) >= 11 is 9.74. The van der Waals surface area contributed by atoms with Gasteiger partial charge in [-0.1, -0.05) is 43.1 Å². The van der Waals surface area contributed by atoms with Crippen LogP contribution in [0.1, 0.15) is 0 Å². The first-order valence-corrected chi connectivity index (χ1v) is 10.8. The second-order valence-electron chi connectivity index (χ2n) is 6.09. The Morgan fingerprint density at radius 1 is 0.640 bits per heavy atom. The average molecular weight is 394 g/mol. The van der Waals surface area contributed by atoms with E-state index in [9.17, 15) is 0 Å². The van der Waals surface area contributed by atoms with Crippen molar-refractivity contribution in [3.63, 3.8) is 0 Å². The summed E-state index contributed by atoms with van der Waals surface area (Å²) in [6.45, 7) is 0. The van der Waals surface area contributed by atoms with Gasteiger partial charge in [-0.3, -0.25) is 0 Å². The zero-order valence-electron chi connectivity index (χ0n) is 12.9. The Bertz CT molecular complexity index is 1430. The van der Waals surface area contributed by atoms with E-state index in [-0.39, 0.29) is 0 Å². The zero-order valence-corrected chi connectivity index (χ0v) is 16.2. The Morgan fingerprint density at radius 2 is 1.36 bits per heavy atom. The summed E-state index contributed by atoms with van der Waals surface area (Å²) in [6.07, 6.45) is 0. The van der Waals surface area contributed by atoms with Crippen molar-refractivity contribution >= 4 is 102 Å². The van der Waals surface area contributed by atoms with Crippen LogP contribution in [0.5, 0.6) is 0 Å².